The van der Waals surface area contributed by atoms with Gasteiger partial charge in [-0.3, -0.25) is 9.78 Å². The number of carbonyl (C=O) groups is 1. The van der Waals surface area contributed by atoms with E-state index in [0.29, 0.717) is 59.0 Å². The number of hydrogen-bond donors (Lipinski definition) is 3. The highest BCUT2D eigenvalue weighted by molar-refractivity contribution is 6.35. The Morgan fingerprint density at radius 2 is 1.80 bits per heavy atom. The van der Waals surface area contributed by atoms with Gasteiger partial charge in [0.1, 0.15) is 36.0 Å². The monoisotopic (exact) mass is 769 g/mol. The number of aromatic nitrogens is 1. The summed E-state index contributed by atoms with van der Waals surface area (Å²) >= 11 is 13.9. The molecule has 10 nitrogen and oxygen atoms in total. The summed E-state index contributed by atoms with van der Waals surface area (Å²) in [5.74, 6) is 1.86. The zero-order valence-electron chi connectivity index (χ0n) is 30.2. The molecular formula is C42H45Cl2N5O5. The Bertz CT molecular complexity index is 2000. The fraction of sp³-hybridized carbons (Fsp3) is 0.405. The maximum atomic E-state index is 11.7. The minimum atomic E-state index is -0.231. The minimum absolute atomic E-state index is 0.0764. The van der Waals surface area contributed by atoms with E-state index in [4.69, 9.17) is 37.4 Å². The number of fused-ring (bicyclic) bond motifs is 1. The van der Waals surface area contributed by atoms with Crippen LogP contribution >= 0.6 is 23.2 Å². The first-order valence-electron chi connectivity index (χ1n) is 18.7. The fourth-order valence-electron chi connectivity index (χ4n) is 7.53. The number of aliphatic hydroxyl groups excluding tert-OH is 1. The number of piperidine rings is 1. The summed E-state index contributed by atoms with van der Waals surface area (Å²) in [6.07, 6.45) is 8.26. The lowest BCUT2D eigenvalue weighted by Crippen LogP contribution is -2.36. The van der Waals surface area contributed by atoms with E-state index in [0.717, 1.165) is 86.0 Å². The van der Waals surface area contributed by atoms with E-state index < -0.39 is 0 Å². The number of nitriles is 1. The Balaban J connectivity index is 1.05. The number of ether oxygens (including phenoxy) is 3. The first kappa shape index (κ1) is 37.9. The van der Waals surface area contributed by atoms with E-state index in [9.17, 15) is 15.2 Å². The molecule has 1 unspecified atom stereocenters. The van der Waals surface area contributed by atoms with E-state index in [1.807, 2.05) is 36.4 Å². The van der Waals surface area contributed by atoms with Crippen LogP contribution in [0.3, 0.4) is 0 Å². The van der Waals surface area contributed by atoms with Crippen LogP contribution in [0.15, 0.2) is 67.0 Å². The second-order valence-corrected chi connectivity index (χ2v) is 15.0. The highest BCUT2D eigenvalue weighted by Gasteiger charge is 2.29. The van der Waals surface area contributed by atoms with E-state index in [1.54, 1.807) is 12.3 Å². The molecule has 0 radical (unpaired) electrons. The molecule has 0 spiro atoms. The summed E-state index contributed by atoms with van der Waals surface area (Å²) in [6, 6.07) is 19.9. The maximum absolute atomic E-state index is 11.7. The number of carbonyl (C=O) groups excluding carboxylic acids is 1. The molecule has 4 aromatic rings. The van der Waals surface area contributed by atoms with Gasteiger partial charge in [-0.15, -0.1) is 0 Å². The Kier molecular flexibility index (Phi) is 12.5. The summed E-state index contributed by atoms with van der Waals surface area (Å²) in [7, 11) is 0. The van der Waals surface area contributed by atoms with Crippen LogP contribution in [0.2, 0.25) is 10.0 Å². The Labute approximate surface area is 326 Å². The van der Waals surface area contributed by atoms with Crippen LogP contribution in [-0.2, 0) is 24.4 Å². The molecule has 3 aliphatic rings. The van der Waals surface area contributed by atoms with Gasteiger partial charge in [0, 0.05) is 80.3 Å². The number of amides is 1. The third-order valence-electron chi connectivity index (χ3n) is 10.4. The molecule has 2 aliphatic heterocycles. The summed E-state index contributed by atoms with van der Waals surface area (Å²) in [4.78, 5) is 18.2. The highest BCUT2D eigenvalue weighted by Crippen LogP contribution is 2.45. The first-order valence-corrected chi connectivity index (χ1v) is 19.5. The van der Waals surface area contributed by atoms with Gasteiger partial charge < -0.3 is 34.9 Å². The number of aliphatic hydroxyl groups is 1. The standard InChI is InChI=1S/C42H45Cl2N5O5/c43-36-19-29(24-47-25-30-8-11-41(51)48-30)39(53-26-28-18-27(21-45)22-46-23-28)20-40(36)54-37-10-9-33-32(4-1-5-34(33)37)35-6-2-7-38(42(35)44)52-17-3-14-49-15-12-31(50)13-16-49/h1-2,4-7,18-20,22-23,30-31,37,47,50H,3,8-17,24-26H2,(H,48,51)/t30?,37-/m0/s1. The molecule has 54 heavy (non-hydrogen) atoms. The first-order chi connectivity index (χ1) is 26.3. The molecule has 7 rings (SSSR count). The van der Waals surface area contributed by atoms with Crippen molar-refractivity contribution < 1.29 is 24.1 Å². The van der Waals surface area contributed by atoms with Crippen molar-refractivity contribution >= 4 is 29.1 Å². The molecule has 1 aliphatic carbocycles. The molecule has 2 atom stereocenters. The number of nitrogens with zero attached hydrogens (tertiary/aromatic N) is 3. The lowest BCUT2D eigenvalue weighted by Gasteiger charge is -2.29. The zero-order valence-corrected chi connectivity index (χ0v) is 31.7. The second kappa shape index (κ2) is 17.8. The molecule has 0 bridgehead atoms. The van der Waals surface area contributed by atoms with Gasteiger partial charge >= 0.3 is 0 Å². The van der Waals surface area contributed by atoms with Gasteiger partial charge in [0.2, 0.25) is 5.91 Å². The second-order valence-electron chi connectivity index (χ2n) is 14.2. The Morgan fingerprint density at radius 3 is 2.61 bits per heavy atom. The predicted octanol–water partition coefficient (Wildman–Crippen LogP) is 7.17. The number of pyridine rings is 1. The van der Waals surface area contributed by atoms with Crippen LogP contribution < -0.4 is 24.8 Å². The predicted molar refractivity (Wildman–Crippen MR) is 208 cm³/mol. The Hall–Kier alpha value is -4.37. The fourth-order valence-corrected chi connectivity index (χ4v) is 8.04. The van der Waals surface area contributed by atoms with Gasteiger partial charge in [-0.1, -0.05) is 53.5 Å². The SMILES string of the molecule is N#Cc1cncc(COc2cc(O[C@H]3CCc4c(-c5cccc(OCCCN6CCC(O)CC6)c5Cl)cccc43)c(Cl)cc2CNCC2CCC(=O)N2)c1. The largest absolute Gasteiger partial charge is 0.492 e. The van der Waals surface area contributed by atoms with Crippen molar-refractivity contribution in [1.82, 2.24) is 20.5 Å². The molecule has 0 saturated carbocycles. The summed E-state index contributed by atoms with van der Waals surface area (Å²) in [5.41, 5.74) is 6.33. The van der Waals surface area contributed by atoms with Crippen LogP contribution in [0.4, 0.5) is 0 Å². The maximum Gasteiger partial charge on any atom is 0.220 e. The number of nitrogens with one attached hydrogen (secondary N) is 2. The Morgan fingerprint density at radius 1 is 0.963 bits per heavy atom. The average molecular weight is 771 g/mol. The lowest BCUT2D eigenvalue weighted by molar-refractivity contribution is -0.119. The summed E-state index contributed by atoms with van der Waals surface area (Å²) in [6.45, 7) is 4.65. The van der Waals surface area contributed by atoms with Crippen LogP contribution in [-0.4, -0.2) is 65.8 Å². The van der Waals surface area contributed by atoms with Crippen molar-refractivity contribution in [3.63, 3.8) is 0 Å². The normalized spacial score (nSPS) is 18.6. The number of halogens is 2. The molecule has 1 aromatic heterocycles. The lowest BCUT2D eigenvalue weighted by atomic mass is 9.96. The molecule has 2 fully saturated rings. The van der Waals surface area contributed by atoms with Gasteiger partial charge in [0.25, 0.3) is 0 Å². The van der Waals surface area contributed by atoms with Gasteiger partial charge in [-0.2, -0.15) is 5.26 Å². The van der Waals surface area contributed by atoms with Gasteiger partial charge in [-0.25, -0.2) is 0 Å². The van der Waals surface area contributed by atoms with Crippen LogP contribution in [0, 0.1) is 11.3 Å². The number of likely N-dealkylation sites (tertiary alicyclic amines) is 1. The van der Waals surface area contributed by atoms with Crippen LogP contribution in [0.5, 0.6) is 17.2 Å². The quantitative estimate of drug-likeness (QED) is 0.108. The van der Waals surface area contributed by atoms with Crippen LogP contribution in [0.1, 0.15) is 72.4 Å². The molecule has 1 amide bonds. The van der Waals surface area contributed by atoms with E-state index >= 15 is 0 Å². The number of hydrogen-bond acceptors (Lipinski definition) is 9. The summed E-state index contributed by atoms with van der Waals surface area (Å²) < 4.78 is 19.2. The van der Waals surface area contributed by atoms with Crippen molar-refractivity contribution in [3.8, 4) is 34.4 Å². The topological polar surface area (TPSA) is 129 Å². The van der Waals surface area contributed by atoms with Gasteiger partial charge in [0.15, 0.2) is 0 Å². The molecule has 3 heterocycles. The molecule has 3 N–H and O–H groups in total. The third-order valence-corrected chi connectivity index (χ3v) is 11.1. The van der Waals surface area contributed by atoms with Crippen molar-refractivity contribution in [3.05, 3.63) is 105 Å². The zero-order chi connectivity index (χ0) is 37.4. The van der Waals surface area contributed by atoms with Crippen LogP contribution in [0.25, 0.3) is 11.1 Å². The number of rotatable bonds is 15. The number of benzene rings is 3. The van der Waals surface area contributed by atoms with Crippen molar-refractivity contribution in [2.45, 2.75) is 76.3 Å². The van der Waals surface area contributed by atoms with E-state index in [1.165, 1.54) is 11.8 Å². The molecule has 282 valence electrons. The van der Waals surface area contributed by atoms with Gasteiger partial charge in [0.05, 0.1) is 28.3 Å². The molecule has 2 saturated heterocycles. The highest BCUT2D eigenvalue weighted by atomic mass is 35.5. The smallest absolute Gasteiger partial charge is 0.220 e. The van der Waals surface area contributed by atoms with E-state index in [2.05, 4.69) is 38.7 Å². The molecule has 12 heteroatoms. The van der Waals surface area contributed by atoms with Gasteiger partial charge in [-0.05, 0) is 73.4 Å². The molecule has 3 aromatic carbocycles. The van der Waals surface area contributed by atoms with Crippen molar-refractivity contribution in [2.24, 2.45) is 0 Å². The van der Waals surface area contributed by atoms with Crippen molar-refractivity contribution in [2.75, 3.05) is 32.8 Å². The third kappa shape index (κ3) is 9.28. The summed E-state index contributed by atoms with van der Waals surface area (Å²) in [5, 5.41) is 26.6. The minimum Gasteiger partial charge on any atom is -0.492 e. The average Bonchev–Trinajstić information content (AvgIpc) is 3.80. The molecular weight excluding hydrogens is 725 g/mol. The van der Waals surface area contributed by atoms with Crippen molar-refractivity contribution in [1.29, 1.82) is 5.26 Å². The van der Waals surface area contributed by atoms with E-state index in [-0.39, 0.29) is 30.8 Å².